The van der Waals surface area contributed by atoms with E-state index in [0.29, 0.717) is 24.2 Å². The van der Waals surface area contributed by atoms with Crippen molar-refractivity contribution >= 4 is 41.6 Å². The Labute approximate surface area is 217 Å². The van der Waals surface area contributed by atoms with Crippen LogP contribution >= 0.6 is 35.6 Å². The molecule has 11 heteroatoms. The maximum Gasteiger partial charge on any atom is 0.416 e. The summed E-state index contributed by atoms with van der Waals surface area (Å²) in [7, 11) is 0. The van der Waals surface area contributed by atoms with Gasteiger partial charge in [-0.05, 0) is 55.5 Å². The smallest absolute Gasteiger partial charge is 0.332 e. The fraction of sp³-hybridized carbons (Fsp3) is 0.417. The number of nitrogens with zero attached hydrogens (tertiary/aromatic N) is 4. The second kappa shape index (κ2) is 10.9. The predicted octanol–water partition coefficient (Wildman–Crippen LogP) is 8.22. The van der Waals surface area contributed by atoms with Gasteiger partial charge in [-0.2, -0.15) is 18.2 Å². The highest BCUT2D eigenvalue weighted by Gasteiger charge is 2.34. The zero-order valence-corrected chi connectivity index (χ0v) is 21.4. The van der Waals surface area contributed by atoms with Crippen molar-refractivity contribution in [3.63, 3.8) is 0 Å². The standard InChI is InChI=1S/C24H24Cl2F4N4.ClH/c1-3-10-33(21(11-15-4-5-15)16-6-8-18(27)9-7-16)23-31-14(2)34(32-23)22-19(25)12-17(13-20(22)26)24(28,29)30;/h6-9,12-13,15,21H,3-5,10-11H2,1-2H3;1H. The van der Waals surface area contributed by atoms with Crippen LogP contribution in [-0.2, 0) is 6.18 Å². The van der Waals surface area contributed by atoms with E-state index in [-0.39, 0.29) is 40.0 Å². The van der Waals surface area contributed by atoms with Gasteiger partial charge in [0, 0.05) is 6.54 Å². The first-order chi connectivity index (χ1) is 16.1. The minimum atomic E-state index is -4.57. The number of rotatable bonds is 8. The van der Waals surface area contributed by atoms with Gasteiger partial charge in [-0.25, -0.2) is 9.07 Å². The summed E-state index contributed by atoms with van der Waals surface area (Å²) in [4.78, 5) is 6.69. The third-order valence-corrected chi connectivity index (χ3v) is 6.50. The van der Waals surface area contributed by atoms with E-state index >= 15 is 0 Å². The fourth-order valence-electron chi connectivity index (χ4n) is 4.07. The van der Waals surface area contributed by atoms with Crippen LogP contribution in [-0.4, -0.2) is 21.3 Å². The summed E-state index contributed by atoms with van der Waals surface area (Å²) >= 11 is 12.5. The van der Waals surface area contributed by atoms with Gasteiger partial charge in [0.1, 0.15) is 17.3 Å². The predicted molar refractivity (Wildman–Crippen MR) is 132 cm³/mol. The monoisotopic (exact) mass is 550 g/mol. The molecule has 1 heterocycles. The van der Waals surface area contributed by atoms with Gasteiger partial charge < -0.3 is 4.90 Å². The number of aryl methyl sites for hydroxylation is 1. The Bertz CT molecular complexity index is 1140. The first kappa shape index (κ1) is 27.6. The molecule has 1 unspecified atom stereocenters. The minimum absolute atomic E-state index is 0. The molecule has 1 aliphatic carbocycles. The van der Waals surface area contributed by atoms with Crippen molar-refractivity contribution in [1.29, 1.82) is 0 Å². The second-order valence-electron chi connectivity index (χ2n) is 8.60. The molecule has 1 atom stereocenters. The molecule has 1 saturated carbocycles. The largest absolute Gasteiger partial charge is 0.416 e. The Hall–Kier alpha value is -2.03. The van der Waals surface area contributed by atoms with E-state index < -0.39 is 11.7 Å². The number of hydrogen-bond acceptors (Lipinski definition) is 3. The number of aromatic nitrogens is 3. The van der Waals surface area contributed by atoms with Crippen LogP contribution in [0.4, 0.5) is 23.5 Å². The second-order valence-corrected chi connectivity index (χ2v) is 9.41. The van der Waals surface area contributed by atoms with Crippen LogP contribution in [0.2, 0.25) is 10.0 Å². The van der Waals surface area contributed by atoms with E-state index in [1.54, 1.807) is 19.1 Å². The van der Waals surface area contributed by atoms with E-state index in [2.05, 4.69) is 15.0 Å². The Morgan fingerprint density at radius 3 is 2.23 bits per heavy atom. The Morgan fingerprint density at radius 2 is 1.71 bits per heavy atom. The maximum atomic E-state index is 13.6. The molecule has 1 aliphatic rings. The molecule has 4 nitrogen and oxygen atoms in total. The molecule has 0 aliphatic heterocycles. The molecule has 0 amide bonds. The number of halogens is 7. The van der Waals surface area contributed by atoms with Crippen molar-refractivity contribution in [1.82, 2.24) is 14.8 Å². The molecular formula is C24H25Cl3F4N4. The summed E-state index contributed by atoms with van der Waals surface area (Å²) in [5, 5.41) is 4.27. The van der Waals surface area contributed by atoms with Crippen LogP contribution in [0.3, 0.4) is 0 Å². The molecule has 0 spiro atoms. The van der Waals surface area contributed by atoms with Crippen LogP contribution < -0.4 is 4.90 Å². The molecule has 1 fully saturated rings. The Morgan fingerprint density at radius 1 is 1.11 bits per heavy atom. The summed E-state index contributed by atoms with van der Waals surface area (Å²) in [6.07, 6.45) is -0.582. The molecule has 0 radical (unpaired) electrons. The van der Waals surface area contributed by atoms with Gasteiger partial charge in [-0.1, -0.05) is 55.1 Å². The lowest BCUT2D eigenvalue weighted by atomic mass is 9.99. The molecular weight excluding hydrogens is 527 g/mol. The zero-order valence-electron chi connectivity index (χ0n) is 19.1. The van der Waals surface area contributed by atoms with Crippen molar-refractivity contribution in [3.8, 4) is 5.69 Å². The lowest BCUT2D eigenvalue weighted by Gasteiger charge is -2.31. The Kier molecular flexibility index (Phi) is 8.60. The van der Waals surface area contributed by atoms with Crippen LogP contribution in [0.1, 0.15) is 55.6 Å². The van der Waals surface area contributed by atoms with Gasteiger partial charge in [0.15, 0.2) is 0 Å². The average molecular weight is 552 g/mol. The summed E-state index contributed by atoms with van der Waals surface area (Å²) in [5.41, 5.74) is 0.170. The summed E-state index contributed by atoms with van der Waals surface area (Å²) in [6.45, 7) is 4.38. The van der Waals surface area contributed by atoms with Crippen molar-refractivity contribution in [2.45, 2.75) is 51.7 Å². The minimum Gasteiger partial charge on any atom is -0.332 e. The number of benzene rings is 2. The Balaban J connectivity index is 0.00000342. The van der Waals surface area contributed by atoms with E-state index in [1.807, 2.05) is 6.92 Å². The summed E-state index contributed by atoms with van der Waals surface area (Å²) < 4.78 is 54.4. The van der Waals surface area contributed by atoms with Gasteiger partial charge >= 0.3 is 6.18 Å². The van der Waals surface area contributed by atoms with Crippen molar-refractivity contribution in [3.05, 3.63) is 69.2 Å². The van der Waals surface area contributed by atoms with Gasteiger partial charge in [0.25, 0.3) is 0 Å². The molecule has 35 heavy (non-hydrogen) atoms. The highest BCUT2D eigenvalue weighted by molar-refractivity contribution is 6.37. The van der Waals surface area contributed by atoms with Crippen molar-refractivity contribution in [2.75, 3.05) is 11.4 Å². The first-order valence-electron chi connectivity index (χ1n) is 11.1. The van der Waals surface area contributed by atoms with Crippen LogP contribution in [0.5, 0.6) is 0 Å². The number of alkyl halides is 3. The van der Waals surface area contributed by atoms with E-state index in [0.717, 1.165) is 43.4 Å². The highest BCUT2D eigenvalue weighted by Crippen LogP contribution is 2.42. The average Bonchev–Trinajstić information content (AvgIpc) is 3.51. The topological polar surface area (TPSA) is 34.0 Å². The molecule has 0 saturated heterocycles. The van der Waals surface area contributed by atoms with Gasteiger partial charge in [-0.3, -0.25) is 0 Å². The molecule has 3 aromatic rings. The maximum absolute atomic E-state index is 13.6. The number of hydrogen-bond donors (Lipinski definition) is 0. The molecule has 4 rings (SSSR count). The number of anilines is 1. The molecule has 0 N–H and O–H groups in total. The first-order valence-corrected chi connectivity index (χ1v) is 11.9. The SMILES string of the molecule is CCCN(c1nc(C)n(-c2c(Cl)cc(C(F)(F)F)cc2Cl)n1)C(CC1CC1)c1ccc(F)cc1.Cl. The summed E-state index contributed by atoms with van der Waals surface area (Å²) in [6, 6.07) is 8.04. The van der Waals surface area contributed by atoms with Crippen LogP contribution in [0.25, 0.3) is 5.69 Å². The third kappa shape index (κ3) is 6.22. The van der Waals surface area contributed by atoms with Crippen molar-refractivity contribution < 1.29 is 17.6 Å². The van der Waals surface area contributed by atoms with E-state index in [1.165, 1.54) is 16.8 Å². The third-order valence-electron chi connectivity index (χ3n) is 5.92. The van der Waals surface area contributed by atoms with Crippen LogP contribution in [0, 0.1) is 18.7 Å². The lowest BCUT2D eigenvalue weighted by molar-refractivity contribution is -0.137. The van der Waals surface area contributed by atoms with Gasteiger partial charge in [0.05, 0.1) is 21.7 Å². The van der Waals surface area contributed by atoms with Crippen LogP contribution in [0.15, 0.2) is 36.4 Å². The normalized spacial score (nSPS) is 14.5. The molecule has 2 aromatic carbocycles. The van der Waals surface area contributed by atoms with Gasteiger partial charge in [-0.15, -0.1) is 17.5 Å². The van der Waals surface area contributed by atoms with E-state index in [4.69, 9.17) is 23.2 Å². The van der Waals surface area contributed by atoms with Gasteiger partial charge in [0.2, 0.25) is 5.95 Å². The molecule has 1 aromatic heterocycles. The fourth-order valence-corrected chi connectivity index (χ4v) is 4.72. The zero-order chi connectivity index (χ0) is 24.6. The van der Waals surface area contributed by atoms with Crippen molar-refractivity contribution in [2.24, 2.45) is 5.92 Å². The lowest BCUT2D eigenvalue weighted by Crippen LogP contribution is -2.31. The quantitative estimate of drug-likeness (QED) is 0.265. The molecule has 190 valence electrons. The van der Waals surface area contributed by atoms with E-state index in [9.17, 15) is 17.6 Å². The molecule has 0 bridgehead atoms. The summed E-state index contributed by atoms with van der Waals surface area (Å²) in [5.74, 6) is 1.13. The highest BCUT2D eigenvalue weighted by atomic mass is 35.5.